The van der Waals surface area contributed by atoms with Gasteiger partial charge in [0.25, 0.3) is 5.78 Å². The molecule has 4 aromatic carbocycles. The zero-order valence-electron chi connectivity index (χ0n) is 18.6. The van der Waals surface area contributed by atoms with Crippen LogP contribution in [-0.4, -0.2) is 26.9 Å². The Hall–Kier alpha value is -4.20. The van der Waals surface area contributed by atoms with Crippen LogP contribution in [0.4, 0.5) is 5.13 Å². The van der Waals surface area contributed by atoms with Crippen molar-refractivity contribution in [3.63, 3.8) is 0 Å². The molecule has 1 atom stereocenters. The fourth-order valence-electron chi connectivity index (χ4n) is 4.57. The number of phenols is 1. The number of aliphatic hydroxyl groups is 1. The van der Waals surface area contributed by atoms with E-state index in [4.69, 9.17) is 11.6 Å². The molecule has 1 aliphatic heterocycles. The quantitative estimate of drug-likeness (QED) is 0.165. The number of ketones is 1. The van der Waals surface area contributed by atoms with Crippen LogP contribution >= 0.6 is 22.9 Å². The van der Waals surface area contributed by atoms with E-state index in [0.29, 0.717) is 26.8 Å². The number of carbonyl (C=O) groups is 2. The Morgan fingerprint density at radius 3 is 2.50 bits per heavy atom. The van der Waals surface area contributed by atoms with Crippen molar-refractivity contribution >= 4 is 66.5 Å². The number of aromatic hydroxyl groups is 1. The fourth-order valence-corrected chi connectivity index (χ4v) is 5.84. The Morgan fingerprint density at radius 1 is 0.944 bits per heavy atom. The number of hydrogen-bond donors (Lipinski definition) is 2. The number of fused-ring (bicyclic) bond motifs is 2. The number of hydrogen-bond acceptors (Lipinski definition) is 6. The maximum absolute atomic E-state index is 13.5. The monoisotopic (exact) mass is 512 g/mol. The lowest BCUT2D eigenvalue weighted by atomic mass is 9.93. The molecule has 0 radical (unpaired) electrons. The molecular weight excluding hydrogens is 496 g/mol. The summed E-state index contributed by atoms with van der Waals surface area (Å²) < 4.78 is 0.762. The molecule has 176 valence electrons. The van der Waals surface area contributed by atoms with Crippen LogP contribution in [0.15, 0.2) is 90.5 Å². The molecule has 2 heterocycles. The van der Waals surface area contributed by atoms with E-state index in [0.717, 1.165) is 15.5 Å². The summed E-state index contributed by atoms with van der Waals surface area (Å²) in [7, 11) is 0. The summed E-state index contributed by atoms with van der Waals surface area (Å²) in [5.74, 6) is -1.83. The van der Waals surface area contributed by atoms with Gasteiger partial charge in [-0.05, 0) is 46.7 Å². The number of halogens is 1. The lowest BCUT2D eigenvalue weighted by Gasteiger charge is -2.23. The molecule has 2 N–H and O–H groups in total. The van der Waals surface area contributed by atoms with Crippen LogP contribution < -0.4 is 4.90 Å². The molecular formula is C28H17ClN2O4S. The van der Waals surface area contributed by atoms with E-state index >= 15 is 0 Å². The topological polar surface area (TPSA) is 90.7 Å². The summed E-state index contributed by atoms with van der Waals surface area (Å²) in [6, 6.07) is 23.4. The minimum absolute atomic E-state index is 0.0411. The number of carbonyl (C=O) groups excluding carboxylic acids is 2. The predicted octanol–water partition coefficient (Wildman–Crippen LogP) is 6.43. The molecule has 1 amide bonds. The Balaban J connectivity index is 1.60. The zero-order valence-corrected chi connectivity index (χ0v) is 20.1. The molecule has 1 fully saturated rings. The van der Waals surface area contributed by atoms with Crippen molar-refractivity contribution < 1.29 is 19.8 Å². The Labute approximate surface area is 214 Å². The van der Waals surface area contributed by atoms with Gasteiger partial charge in [-0.15, -0.1) is 0 Å². The van der Waals surface area contributed by atoms with Gasteiger partial charge in [0.05, 0.1) is 21.8 Å². The molecule has 6 nitrogen and oxygen atoms in total. The maximum atomic E-state index is 13.5. The minimum Gasteiger partial charge on any atom is -0.508 e. The van der Waals surface area contributed by atoms with E-state index in [1.807, 2.05) is 30.3 Å². The number of nitrogens with zero attached hydrogens (tertiary/aromatic N) is 2. The highest BCUT2D eigenvalue weighted by Crippen LogP contribution is 2.45. The third kappa shape index (κ3) is 3.52. The van der Waals surface area contributed by atoms with Crippen molar-refractivity contribution in [2.45, 2.75) is 6.04 Å². The highest BCUT2D eigenvalue weighted by Gasteiger charge is 2.48. The summed E-state index contributed by atoms with van der Waals surface area (Å²) in [5, 5.41) is 23.9. The van der Waals surface area contributed by atoms with Gasteiger partial charge in [-0.2, -0.15) is 0 Å². The number of amides is 1. The van der Waals surface area contributed by atoms with Gasteiger partial charge >= 0.3 is 5.91 Å². The predicted molar refractivity (Wildman–Crippen MR) is 141 cm³/mol. The molecule has 8 heteroatoms. The number of benzene rings is 4. The van der Waals surface area contributed by atoms with Gasteiger partial charge in [0, 0.05) is 10.6 Å². The smallest absolute Gasteiger partial charge is 0.301 e. The first-order valence-electron chi connectivity index (χ1n) is 11.1. The first-order valence-corrected chi connectivity index (χ1v) is 12.3. The standard InChI is InChI=1S/C28H17ClN2O4S/c29-17-10-13-21-22(14-17)36-28(30-21)31-24(16-8-11-18(32)12-9-16)23(26(34)27(31)35)25(33)20-7-3-5-15-4-1-2-6-19(15)20/h1-14,24,32-33H/b25-23+. The van der Waals surface area contributed by atoms with Crippen LogP contribution in [0.1, 0.15) is 17.2 Å². The second-order valence-electron chi connectivity index (χ2n) is 8.40. The van der Waals surface area contributed by atoms with Gasteiger partial charge in [0.15, 0.2) is 5.13 Å². The minimum atomic E-state index is -0.944. The van der Waals surface area contributed by atoms with Crippen LogP contribution in [0, 0.1) is 0 Å². The van der Waals surface area contributed by atoms with Gasteiger partial charge in [-0.3, -0.25) is 14.5 Å². The molecule has 1 aromatic heterocycles. The molecule has 1 aliphatic rings. The molecule has 1 unspecified atom stereocenters. The van der Waals surface area contributed by atoms with Crippen molar-refractivity contribution in [2.75, 3.05) is 4.90 Å². The number of Topliss-reactive ketones (excluding diaryl/α,β-unsaturated/α-hetero) is 1. The number of rotatable bonds is 3. The van der Waals surface area contributed by atoms with E-state index in [-0.39, 0.29) is 17.1 Å². The van der Waals surface area contributed by atoms with Gasteiger partial charge in [0.1, 0.15) is 11.5 Å². The Kier molecular flexibility index (Phi) is 5.25. The normalized spacial score (nSPS) is 17.4. The summed E-state index contributed by atoms with van der Waals surface area (Å²) in [6.45, 7) is 0. The van der Waals surface area contributed by atoms with Crippen LogP contribution in [0.2, 0.25) is 5.02 Å². The molecule has 0 bridgehead atoms. The number of aromatic nitrogens is 1. The van der Waals surface area contributed by atoms with Crippen molar-refractivity contribution in [2.24, 2.45) is 0 Å². The van der Waals surface area contributed by atoms with Crippen LogP contribution in [0.25, 0.3) is 26.7 Å². The molecule has 0 saturated carbocycles. The number of thiazole rings is 1. The fraction of sp³-hybridized carbons (Fsp3) is 0.0357. The first-order chi connectivity index (χ1) is 17.4. The maximum Gasteiger partial charge on any atom is 0.301 e. The summed E-state index contributed by atoms with van der Waals surface area (Å²) >= 11 is 7.37. The summed E-state index contributed by atoms with van der Waals surface area (Å²) in [6.07, 6.45) is 0. The molecule has 6 rings (SSSR count). The largest absolute Gasteiger partial charge is 0.508 e. The van der Waals surface area contributed by atoms with Crippen LogP contribution in [-0.2, 0) is 9.59 Å². The highest BCUT2D eigenvalue weighted by molar-refractivity contribution is 7.22. The Bertz CT molecular complexity index is 1720. The molecule has 0 spiro atoms. The summed E-state index contributed by atoms with van der Waals surface area (Å²) in [4.78, 5) is 32.8. The second kappa shape index (κ2) is 8.48. The van der Waals surface area contributed by atoms with Crippen molar-refractivity contribution in [3.8, 4) is 5.75 Å². The average molecular weight is 513 g/mol. The van der Waals surface area contributed by atoms with Gasteiger partial charge in [-0.25, -0.2) is 4.98 Å². The summed E-state index contributed by atoms with van der Waals surface area (Å²) in [5.41, 5.74) is 1.59. The van der Waals surface area contributed by atoms with Crippen molar-refractivity contribution in [1.29, 1.82) is 0 Å². The van der Waals surface area contributed by atoms with Gasteiger partial charge in [-0.1, -0.05) is 77.5 Å². The number of anilines is 1. The number of aliphatic hydroxyl groups excluding tert-OH is 1. The van der Waals surface area contributed by atoms with Crippen molar-refractivity contribution in [1.82, 2.24) is 4.98 Å². The van der Waals surface area contributed by atoms with E-state index in [2.05, 4.69) is 4.98 Å². The lowest BCUT2D eigenvalue weighted by Crippen LogP contribution is -2.29. The second-order valence-corrected chi connectivity index (χ2v) is 9.84. The third-order valence-electron chi connectivity index (χ3n) is 6.24. The van der Waals surface area contributed by atoms with E-state index in [9.17, 15) is 19.8 Å². The number of phenolic OH excluding ortho intramolecular Hbond substituents is 1. The van der Waals surface area contributed by atoms with Gasteiger partial charge < -0.3 is 10.2 Å². The molecule has 1 saturated heterocycles. The van der Waals surface area contributed by atoms with E-state index in [1.54, 1.807) is 42.5 Å². The third-order valence-corrected chi connectivity index (χ3v) is 7.50. The molecule has 0 aliphatic carbocycles. The first kappa shape index (κ1) is 22.3. The highest BCUT2D eigenvalue weighted by atomic mass is 35.5. The van der Waals surface area contributed by atoms with Crippen molar-refractivity contribution in [3.05, 3.63) is 107 Å². The molecule has 36 heavy (non-hydrogen) atoms. The van der Waals surface area contributed by atoms with Gasteiger partial charge in [0.2, 0.25) is 0 Å². The van der Waals surface area contributed by atoms with Crippen LogP contribution in [0.5, 0.6) is 5.75 Å². The zero-order chi connectivity index (χ0) is 25.0. The molecule has 5 aromatic rings. The Morgan fingerprint density at radius 2 is 1.69 bits per heavy atom. The SMILES string of the molecule is O=C1C(=O)N(c2nc3ccc(Cl)cc3s2)C(c2ccc(O)cc2)/C1=C(\O)c1cccc2ccccc12. The van der Waals surface area contributed by atoms with E-state index in [1.165, 1.54) is 28.4 Å². The van der Waals surface area contributed by atoms with Crippen LogP contribution in [0.3, 0.4) is 0 Å². The average Bonchev–Trinajstić information content (AvgIpc) is 3.41. The lowest BCUT2D eigenvalue weighted by molar-refractivity contribution is -0.132. The van der Waals surface area contributed by atoms with E-state index < -0.39 is 17.7 Å².